The lowest BCUT2D eigenvalue weighted by Gasteiger charge is -2.23. The molecule has 0 heterocycles. The summed E-state index contributed by atoms with van der Waals surface area (Å²) in [5.74, 6) is 0.0516. The Morgan fingerprint density at radius 1 is 1.47 bits per heavy atom. The molecule has 1 aliphatic rings. The summed E-state index contributed by atoms with van der Waals surface area (Å²) in [6, 6.07) is -0.107. The number of thioether (sulfide) groups is 1. The van der Waals surface area contributed by atoms with E-state index in [2.05, 4.69) is 12.2 Å². The lowest BCUT2D eigenvalue weighted by atomic mass is 10.2. The maximum atomic E-state index is 11.7. The highest BCUT2D eigenvalue weighted by Gasteiger charge is 2.29. The van der Waals surface area contributed by atoms with Crippen LogP contribution in [0.5, 0.6) is 0 Å². The van der Waals surface area contributed by atoms with Crippen molar-refractivity contribution in [2.24, 2.45) is 0 Å². The van der Waals surface area contributed by atoms with Crippen LogP contribution in [0.15, 0.2) is 0 Å². The number of rotatable bonds is 5. The van der Waals surface area contributed by atoms with Gasteiger partial charge in [-0.15, -0.1) is 0 Å². The Morgan fingerprint density at radius 2 is 2.18 bits per heavy atom. The van der Waals surface area contributed by atoms with E-state index in [1.54, 1.807) is 0 Å². The summed E-state index contributed by atoms with van der Waals surface area (Å²) in [4.78, 5) is 23.4. The monoisotopic (exact) mass is 260 g/mol. The average molecular weight is 260 g/mol. The molecule has 1 saturated carbocycles. The van der Waals surface area contributed by atoms with Gasteiger partial charge in [0.2, 0.25) is 0 Å². The van der Waals surface area contributed by atoms with E-state index in [4.69, 9.17) is 5.11 Å². The fraction of sp³-hybridized carbons (Fsp3) is 0.818. The van der Waals surface area contributed by atoms with Gasteiger partial charge in [-0.2, -0.15) is 11.8 Å². The van der Waals surface area contributed by atoms with Gasteiger partial charge in [-0.3, -0.25) is 4.79 Å². The minimum atomic E-state index is -0.992. The number of likely N-dealkylation sites (N-methyl/N-ethyl adjacent to an activating group) is 1. The molecule has 0 aromatic rings. The molecule has 0 aromatic carbocycles. The number of aliphatic carboxylic acids is 1. The van der Waals surface area contributed by atoms with Crippen molar-refractivity contribution < 1.29 is 14.7 Å². The first-order valence-corrected chi connectivity index (χ1v) is 6.94. The van der Waals surface area contributed by atoms with Gasteiger partial charge in [0.25, 0.3) is 0 Å². The number of nitrogens with zero attached hydrogens (tertiary/aromatic N) is 1. The molecule has 1 rings (SSSR count). The van der Waals surface area contributed by atoms with Gasteiger partial charge in [-0.1, -0.05) is 13.3 Å². The van der Waals surface area contributed by atoms with Crippen molar-refractivity contribution in [1.82, 2.24) is 10.2 Å². The number of carboxylic acid groups (broad SMARTS) is 1. The summed E-state index contributed by atoms with van der Waals surface area (Å²) >= 11 is 1.87. The Hall–Kier alpha value is -0.910. The van der Waals surface area contributed by atoms with Crippen molar-refractivity contribution in [3.05, 3.63) is 0 Å². The summed E-state index contributed by atoms with van der Waals surface area (Å²) in [5.41, 5.74) is 0. The van der Waals surface area contributed by atoms with Crippen LogP contribution in [0.4, 0.5) is 4.79 Å². The molecule has 0 aliphatic heterocycles. The summed E-state index contributed by atoms with van der Waals surface area (Å²) in [6.45, 7) is 1.85. The summed E-state index contributed by atoms with van der Waals surface area (Å²) < 4.78 is 0. The van der Waals surface area contributed by atoms with Crippen LogP contribution in [0.3, 0.4) is 0 Å². The highest BCUT2D eigenvalue weighted by Crippen LogP contribution is 2.29. The Balaban J connectivity index is 2.41. The molecule has 2 atom stereocenters. The van der Waals surface area contributed by atoms with Gasteiger partial charge in [-0.25, -0.2) is 4.79 Å². The lowest BCUT2D eigenvalue weighted by Crippen LogP contribution is -2.46. The number of carbonyl (C=O) groups is 2. The molecule has 2 N–H and O–H groups in total. The molecule has 5 nitrogen and oxygen atoms in total. The fourth-order valence-corrected chi connectivity index (χ4v) is 3.25. The van der Waals surface area contributed by atoms with Gasteiger partial charge >= 0.3 is 12.0 Å². The van der Waals surface area contributed by atoms with Crippen molar-refractivity contribution in [2.45, 2.75) is 37.5 Å². The zero-order valence-electron chi connectivity index (χ0n) is 10.3. The van der Waals surface area contributed by atoms with Gasteiger partial charge in [0.15, 0.2) is 0 Å². The standard InChI is InChI=1S/C11H20N2O3S/c1-3-17-9-6-4-5-8(9)12-11(16)13(2)7-10(14)15/h8-9H,3-7H2,1-2H3,(H,12,16)(H,14,15). The van der Waals surface area contributed by atoms with Crippen LogP contribution in [-0.2, 0) is 4.79 Å². The second-order valence-corrected chi connectivity index (χ2v) is 5.75. The minimum Gasteiger partial charge on any atom is -0.480 e. The number of amides is 2. The zero-order chi connectivity index (χ0) is 12.8. The highest BCUT2D eigenvalue weighted by molar-refractivity contribution is 7.99. The molecule has 0 spiro atoms. The van der Waals surface area contributed by atoms with Crippen LogP contribution in [0.2, 0.25) is 0 Å². The minimum absolute atomic E-state index is 0.184. The Bertz CT molecular complexity index is 286. The number of urea groups is 1. The second kappa shape index (κ2) is 6.74. The molecule has 0 saturated heterocycles. The summed E-state index contributed by atoms with van der Waals surface area (Å²) in [7, 11) is 1.50. The van der Waals surface area contributed by atoms with Gasteiger partial charge in [-0.05, 0) is 18.6 Å². The van der Waals surface area contributed by atoms with E-state index in [0.717, 1.165) is 25.0 Å². The lowest BCUT2D eigenvalue weighted by molar-refractivity contribution is -0.137. The van der Waals surface area contributed by atoms with Gasteiger partial charge in [0, 0.05) is 18.3 Å². The quantitative estimate of drug-likeness (QED) is 0.783. The zero-order valence-corrected chi connectivity index (χ0v) is 11.1. The van der Waals surface area contributed by atoms with Crippen LogP contribution in [0.1, 0.15) is 26.2 Å². The van der Waals surface area contributed by atoms with E-state index in [0.29, 0.717) is 5.25 Å². The van der Waals surface area contributed by atoms with Crippen molar-refractivity contribution in [3.63, 3.8) is 0 Å². The predicted octanol–water partition coefficient (Wildman–Crippen LogP) is 1.39. The first kappa shape index (κ1) is 14.2. The smallest absolute Gasteiger partial charge is 0.323 e. The molecule has 2 unspecified atom stereocenters. The van der Waals surface area contributed by atoms with E-state index >= 15 is 0 Å². The normalized spacial score (nSPS) is 23.4. The maximum absolute atomic E-state index is 11.7. The average Bonchev–Trinajstić information content (AvgIpc) is 2.65. The number of hydrogen-bond donors (Lipinski definition) is 2. The molecule has 1 aliphatic carbocycles. The molecule has 0 radical (unpaired) electrons. The van der Waals surface area contributed by atoms with Gasteiger partial charge in [0.1, 0.15) is 6.54 Å². The molecule has 0 aromatic heterocycles. The number of carboxylic acids is 1. The third kappa shape index (κ3) is 4.46. The Kier molecular flexibility index (Phi) is 5.61. The third-order valence-corrected chi connectivity index (χ3v) is 4.19. The molecule has 2 amide bonds. The van der Waals surface area contributed by atoms with E-state index in [1.165, 1.54) is 11.9 Å². The second-order valence-electron chi connectivity index (χ2n) is 4.23. The van der Waals surface area contributed by atoms with Crippen molar-refractivity contribution in [1.29, 1.82) is 0 Å². The molecule has 1 fully saturated rings. The number of nitrogens with one attached hydrogen (secondary N) is 1. The third-order valence-electron chi connectivity index (χ3n) is 2.86. The Morgan fingerprint density at radius 3 is 2.76 bits per heavy atom. The van der Waals surface area contributed by atoms with Gasteiger partial charge in [0.05, 0.1) is 0 Å². The molecule has 98 valence electrons. The van der Waals surface area contributed by atoms with Crippen LogP contribution in [0, 0.1) is 0 Å². The van der Waals surface area contributed by atoms with Gasteiger partial charge < -0.3 is 15.3 Å². The topological polar surface area (TPSA) is 69.6 Å². The van der Waals surface area contributed by atoms with Crippen LogP contribution < -0.4 is 5.32 Å². The molecular formula is C11H20N2O3S. The Labute approximate surface area is 106 Å². The predicted molar refractivity (Wildman–Crippen MR) is 68.4 cm³/mol. The van der Waals surface area contributed by atoms with Crippen molar-refractivity contribution in [2.75, 3.05) is 19.3 Å². The van der Waals surface area contributed by atoms with Crippen LogP contribution >= 0.6 is 11.8 Å². The SMILES string of the molecule is CCSC1CCCC1NC(=O)N(C)CC(=O)O. The molecule has 0 bridgehead atoms. The maximum Gasteiger partial charge on any atom is 0.323 e. The van der Waals surface area contributed by atoms with Crippen LogP contribution in [-0.4, -0.2) is 52.6 Å². The summed E-state index contributed by atoms with van der Waals surface area (Å²) in [6.07, 6.45) is 3.25. The van der Waals surface area contributed by atoms with Crippen LogP contribution in [0.25, 0.3) is 0 Å². The number of hydrogen-bond acceptors (Lipinski definition) is 3. The first-order chi connectivity index (χ1) is 8.04. The largest absolute Gasteiger partial charge is 0.480 e. The van der Waals surface area contributed by atoms with Crippen molar-refractivity contribution in [3.8, 4) is 0 Å². The molecule has 6 heteroatoms. The number of carbonyl (C=O) groups excluding carboxylic acids is 1. The van der Waals surface area contributed by atoms with E-state index in [-0.39, 0.29) is 18.6 Å². The first-order valence-electron chi connectivity index (χ1n) is 5.89. The molecule has 17 heavy (non-hydrogen) atoms. The van der Waals surface area contributed by atoms with E-state index in [9.17, 15) is 9.59 Å². The highest BCUT2D eigenvalue weighted by atomic mass is 32.2. The summed E-state index contributed by atoms with van der Waals surface area (Å²) in [5, 5.41) is 12.0. The fourth-order valence-electron chi connectivity index (χ4n) is 2.05. The van der Waals surface area contributed by atoms with E-state index < -0.39 is 5.97 Å². The van der Waals surface area contributed by atoms with Crippen molar-refractivity contribution >= 4 is 23.8 Å². The molecular weight excluding hydrogens is 240 g/mol. The van der Waals surface area contributed by atoms with E-state index in [1.807, 2.05) is 11.8 Å².